The Morgan fingerprint density at radius 2 is 1.93 bits per heavy atom. The van der Waals surface area contributed by atoms with Gasteiger partial charge in [0.25, 0.3) is 0 Å². The molecule has 2 N–H and O–H groups in total. The predicted octanol–water partition coefficient (Wildman–Crippen LogP) is 3.76. The molecule has 0 aliphatic rings. The van der Waals surface area contributed by atoms with Crippen LogP contribution in [0.5, 0.6) is 0 Å². The lowest BCUT2D eigenvalue weighted by Gasteiger charge is -2.24. The predicted molar refractivity (Wildman–Crippen MR) is 111 cm³/mol. The smallest absolute Gasteiger partial charge is 0.410 e. The number of nitrogens with zero attached hydrogens (tertiary/aromatic N) is 3. The Labute approximate surface area is 168 Å². The van der Waals surface area contributed by atoms with Crippen molar-refractivity contribution in [2.45, 2.75) is 26.4 Å². The van der Waals surface area contributed by atoms with E-state index in [4.69, 9.17) is 4.74 Å². The van der Waals surface area contributed by atoms with Crippen LogP contribution >= 0.6 is 0 Å². The SMILES string of the molecule is CN(CCNc1nc2cc(C(=O)O)ccc2c2cnccc12)C(=O)OC(C)(C)C. The second kappa shape index (κ2) is 7.90. The molecule has 3 rings (SSSR count). The van der Waals surface area contributed by atoms with Gasteiger partial charge in [0.2, 0.25) is 0 Å². The van der Waals surface area contributed by atoms with Crippen LogP contribution in [-0.4, -0.2) is 57.8 Å². The molecule has 0 bridgehead atoms. The van der Waals surface area contributed by atoms with E-state index in [0.717, 1.165) is 16.2 Å². The average Bonchev–Trinajstić information content (AvgIpc) is 2.66. The molecule has 0 spiro atoms. The number of likely N-dealkylation sites (N-methyl/N-ethyl adjacent to an activating group) is 1. The second-order valence-corrected chi connectivity index (χ2v) is 7.75. The highest BCUT2D eigenvalue weighted by Gasteiger charge is 2.19. The van der Waals surface area contributed by atoms with E-state index >= 15 is 0 Å². The number of anilines is 1. The summed E-state index contributed by atoms with van der Waals surface area (Å²) in [5, 5.41) is 15.1. The van der Waals surface area contributed by atoms with Crippen molar-refractivity contribution in [1.29, 1.82) is 0 Å². The van der Waals surface area contributed by atoms with Gasteiger partial charge < -0.3 is 20.1 Å². The van der Waals surface area contributed by atoms with Crippen molar-refractivity contribution in [3.05, 3.63) is 42.2 Å². The normalized spacial score (nSPS) is 11.4. The highest BCUT2D eigenvalue weighted by molar-refractivity contribution is 6.10. The molecule has 1 amide bonds. The van der Waals surface area contributed by atoms with Crippen LogP contribution in [0.15, 0.2) is 36.7 Å². The first-order valence-electron chi connectivity index (χ1n) is 9.24. The Morgan fingerprint density at radius 1 is 1.17 bits per heavy atom. The number of carbonyl (C=O) groups excluding carboxylic acids is 1. The number of carboxylic acid groups (broad SMARTS) is 1. The summed E-state index contributed by atoms with van der Waals surface area (Å²) in [5.41, 5.74) is 0.182. The molecule has 2 aromatic heterocycles. The van der Waals surface area contributed by atoms with Crippen molar-refractivity contribution in [3.63, 3.8) is 0 Å². The molecule has 2 heterocycles. The summed E-state index contributed by atoms with van der Waals surface area (Å²) in [7, 11) is 1.67. The quantitative estimate of drug-likeness (QED) is 0.633. The minimum Gasteiger partial charge on any atom is -0.478 e. The van der Waals surface area contributed by atoms with Crippen molar-refractivity contribution in [1.82, 2.24) is 14.9 Å². The number of ether oxygens (including phenoxy) is 1. The number of aromatic nitrogens is 2. The molecule has 0 aliphatic carbocycles. The van der Waals surface area contributed by atoms with Gasteiger partial charge in [-0.3, -0.25) is 4.98 Å². The number of fused-ring (bicyclic) bond motifs is 3. The maximum absolute atomic E-state index is 12.1. The van der Waals surface area contributed by atoms with Gasteiger partial charge in [0.15, 0.2) is 0 Å². The maximum atomic E-state index is 12.1. The molecule has 0 radical (unpaired) electrons. The number of nitrogens with one attached hydrogen (secondary N) is 1. The van der Waals surface area contributed by atoms with Crippen molar-refractivity contribution < 1.29 is 19.4 Å². The molecule has 8 heteroatoms. The topological polar surface area (TPSA) is 105 Å². The number of hydrogen-bond acceptors (Lipinski definition) is 6. The summed E-state index contributed by atoms with van der Waals surface area (Å²) >= 11 is 0. The fourth-order valence-electron chi connectivity index (χ4n) is 2.89. The fraction of sp³-hybridized carbons (Fsp3) is 0.333. The summed E-state index contributed by atoms with van der Waals surface area (Å²) in [6, 6.07) is 6.70. The summed E-state index contributed by atoms with van der Waals surface area (Å²) in [6.07, 6.45) is 3.02. The van der Waals surface area contributed by atoms with Gasteiger partial charge in [-0.05, 0) is 39.0 Å². The largest absolute Gasteiger partial charge is 0.478 e. The number of hydrogen-bond donors (Lipinski definition) is 2. The van der Waals surface area contributed by atoms with E-state index in [2.05, 4.69) is 15.3 Å². The van der Waals surface area contributed by atoms with Crippen LogP contribution < -0.4 is 5.32 Å². The molecule has 3 aromatic rings. The molecule has 0 saturated carbocycles. The third-order valence-corrected chi connectivity index (χ3v) is 4.29. The first kappa shape index (κ1) is 20.3. The molecule has 0 saturated heterocycles. The minimum atomic E-state index is -1.01. The van der Waals surface area contributed by atoms with E-state index in [9.17, 15) is 14.7 Å². The highest BCUT2D eigenvalue weighted by Crippen LogP contribution is 2.29. The van der Waals surface area contributed by atoms with Gasteiger partial charge in [-0.15, -0.1) is 0 Å². The zero-order valence-electron chi connectivity index (χ0n) is 16.9. The van der Waals surface area contributed by atoms with Gasteiger partial charge in [-0.1, -0.05) is 6.07 Å². The van der Waals surface area contributed by atoms with Crippen LogP contribution in [0, 0.1) is 0 Å². The standard InChI is InChI=1S/C21H24N4O4/c1-21(2,3)29-20(28)25(4)10-9-23-18-15-7-8-22-12-16(15)14-6-5-13(19(26)27)11-17(14)24-18/h5-8,11-12H,9-10H2,1-4H3,(H,23,24)(H,26,27). The highest BCUT2D eigenvalue weighted by atomic mass is 16.6. The first-order chi connectivity index (χ1) is 13.7. The van der Waals surface area contributed by atoms with Gasteiger partial charge in [-0.25, -0.2) is 14.6 Å². The summed E-state index contributed by atoms with van der Waals surface area (Å²) in [4.78, 5) is 33.7. The van der Waals surface area contributed by atoms with E-state index in [-0.39, 0.29) is 5.56 Å². The van der Waals surface area contributed by atoms with Crippen molar-refractivity contribution >= 4 is 39.6 Å². The molecular weight excluding hydrogens is 372 g/mol. The molecule has 0 aliphatic heterocycles. The summed E-state index contributed by atoms with van der Waals surface area (Å²) in [5.74, 6) is -0.400. The monoisotopic (exact) mass is 396 g/mol. The van der Waals surface area contributed by atoms with Crippen molar-refractivity contribution in [2.75, 3.05) is 25.5 Å². The fourth-order valence-corrected chi connectivity index (χ4v) is 2.89. The van der Waals surface area contributed by atoms with Gasteiger partial charge in [0.1, 0.15) is 11.4 Å². The molecule has 0 fully saturated rings. The third kappa shape index (κ3) is 4.71. The average molecular weight is 396 g/mol. The number of rotatable bonds is 5. The van der Waals surface area contributed by atoms with Gasteiger partial charge in [-0.2, -0.15) is 0 Å². The van der Waals surface area contributed by atoms with Crippen molar-refractivity contribution in [2.24, 2.45) is 0 Å². The Hall–Kier alpha value is -3.42. The number of benzene rings is 1. The Bertz CT molecular complexity index is 1080. The van der Waals surface area contributed by atoms with Crippen LogP contribution in [0.2, 0.25) is 0 Å². The molecule has 152 valence electrons. The second-order valence-electron chi connectivity index (χ2n) is 7.75. The van der Waals surface area contributed by atoms with Crippen LogP contribution in [0.3, 0.4) is 0 Å². The molecular formula is C21H24N4O4. The number of carboxylic acids is 1. The van der Waals surface area contributed by atoms with Gasteiger partial charge in [0.05, 0.1) is 11.1 Å². The molecule has 0 unspecified atom stereocenters. The number of aromatic carboxylic acids is 1. The van der Waals surface area contributed by atoms with E-state index in [1.165, 1.54) is 4.90 Å². The number of carbonyl (C=O) groups is 2. The summed E-state index contributed by atoms with van der Waals surface area (Å²) in [6.45, 7) is 6.32. The van der Waals surface area contributed by atoms with Gasteiger partial charge in [0, 0.05) is 48.7 Å². The number of pyridine rings is 2. The van der Waals surface area contributed by atoms with Crippen LogP contribution in [-0.2, 0) is 4.74 Å². The van der Waals surface area contributed by atoms with E-state index in [1.807, 2.05) is 26.8 Å². The maximum Gasteiger partial charge on any atom is 0.410 e. The van der Waals surface area contributed by atoms with E-state index in [1.54, 1.807) is 37.6 Å². The molecule has 8 nitrogen and oxygen atoms in total. The zero-order valence-corrected chi connectivity index (χ0v) is 16.9. The molecule has 29 heavy (non-hydrogen) atoms. The lowest BCUT2D eigenvalue weighted by molar-refractivity contribution is 0.0305. The third-order valence-electron chi connectivity index (χ3n) is 4.29. The van der Waals surface area contributed by atoms with E-state index in [0.29, 0.717) is 24.4 Å². The van der Waals surface area contributed by atoms with Crippen LogP contribution in [0.4, 0.5) is 10.6 Å². The Kier molecular flexibility index (Phi) is 5.54. The molecule has 1 aromatic carbocycles. The lowest BCUT2D eigenvalue weighted by atomic mass is 10.1. The lowest BCUT2D eigenvalue weighted by Crippen LogP contribution is -2.36. The van der Waals surface area contributed by atoms with E-state index < -0.39 is 17.7 Å². The van der Waals surface area contributed by atoms with Crippen LogP contribution in [0.25, 0.3) is 21.7 Å². The minimum absolute atomic E-state index is 0.170. The summed E-state index contributed by atoms with van der Waals surface area (Å²) < 4.78 is 5.35. The van der Waals surface area contributed by atoms with Gasteiger partial charge >= 0.3 is 12.1 Å². The van der Waals surface area contributed by atoms with Crippen molar-refractivity contribution in [3.8, 4) is 0 Å². The van der Waals surface area contributed by atoms with Crippen LogP contribution in [0.1, 0.15) is 31.1 Å². The Morgan fingerprint density at radius 3 is 2.62 bits per heavy atom. The zero-order chi connectivity index (χ0) is 21.2. The molecule has 0 atom stereocenters. The number of amides is 1. The Balaban J connectivity index is 1.84. The first-order valence-corrected chi connectivity index (χ1v) is 9.24.